The van der Waals surface area contributed by atoms with Crippen molar-refractivity contribution in [1.29, 1.82) is 0 Å². The monoisotopic (exact) mass is 267 g/mol. The van der Waals surface area contributed by atoms with Gasteiger partial charge in [0.25, 0.3) is 0 Å². The maximum Gasteiger partial charge on any atom is 0.238 e. The van der Waals surface area contributed by atoms with E-state index >= 15 is 0 Å². The van der Waals surface area contributed by atoms with Crippen molar-refractivity contribution >= 4 is 23.2 Å². The summed E-state index contributed by atoms with van der Waals surface area (Å²) in [5.41, 5.74) is 7.53. The summed E-state index contributed by atoms with van der Waals surface area (Å²) in [7, 11) is 0. The smallest absolute Gasteiger partial charge is 0.238 e. The maximum absolute atomic E-state index is 11.8. The number of aryl methyl sites for hydroxylation is 1. The predicted octanol–water partition coefficient (Wildman–Crippen LogP) is 1.62. The van der Waals surface area contributed by atoms with E-state index in [1.54, 1.807) is 6.07 Å². The molecule has 3 N–H and O–H groups in total. The number of nitrogens with two attached hydrogens (primary N) is 1. The number of likely N-dealkylation sites (tertiary alicyclic amines) is 1. The van der Waals surface area contributed by atoms with Gasteiger partial charge < -0.3 is 11.1 Å². The average molecular weight is 268 g/mol. The SMILES string of the molecule is Cc1ccc(NC(=O)CN2CCC(N)C2)cc1Cl. The lowest BCUT2D eigenvalue weighted by Crippen LogP contribution is -2.33. The van der Waals surface area contributed by atoms with Crippen LogP contribution in [0, 0.1) is 6.92 Å². The lowest BCUT2D eigenvalue weighted by Gasteiger charge is -2.14. The van der Waals surface area contributed by atoms with E-state index in [1.807, 2.05) is 19.1 Å². The highest BCUT2D eigenvalue weighted by molar-refractivity contribution is 6.31. The van der Waals surface area contributed by atoms with E-state index in [2.05, 4.69) is 10.2 Å². The summed E-state index contributed by atoms with van der Waals surface area (Å²) in [5, 5.41) is 3.51. The number of nitrogens with zero attached hydrogens (tertiary/aromatic N) is 1. The third kappa shape index (κ3) is 3.45. The molecule has 1 saturated heterocycles. The van der Waals surface area contributed by atoms with E-state index in [0.29, 0.717) is 11.6 Å². The summed E-state index contributed by atoms with van der Waals surface area (Å²) in [5.74, 6) is -0.0241. The number of hydrogen-bond acceptors (Lipinski definition) is 3. The van der Waals surface area contributed by atoms with Crippen molar-refractivity contribution in [3.8, 4) is 0 Å². The number of hydrogen-bond donors (Lipinski definition) is 2. The summed E-state index contributed by atoms with van der Waals surface area (Å²) < 4.78 is 0. The second-order valence-corrected chi connectivity index (χ2v) is 5.20. The number of carbonyl (C=O) groups excluding carboxylic acids is 1. The molecule has 98 valence electrons. The Labute approximate surface area is 112 Å². The second kappa shape index (κ2) is 5.69. The molecule has 1 heterocycles. The number of amides is 1. The molecule has 2 rings (SSSR count). The molecule has 0 saturated carbocycles. The molecular formula is C13H18ClN3O. The Balaban J connectivity index is 1.89. The van der Waals surface area contributed by atoms with Gasteiger partial charge in [0.05, 0.1) is 6.54 Å². The number of carbonyl (C=O) groups is 1. The zero-order valence-electron chi connectivity index (χ0n) is 10.4. The fourth-order valence-corrected chi connectivity index (χ4v) is 2.26. The molecule has 1 atom stereocenters. The first-order valence-electron chi connectivity index (χ1n) is 6.08. The topological polar surface area (TPSA) is 58.4 Å². The average Bonchev–Trinajstić information content (AvgIpc) is 2.69. The highest BCUT2D eigenvalue weighted by Gasteiger charge is 2.20. The fourth-order valence-electron chi connectivity index (χ4n) is 2.08. The number of rotatable bonds is 3. The van der Waals surface area contributed by atoms with Gasteiger partial charge in [-0.2, -0.15) is 0 Å². The van der Waals surface area contributed by atoms with Gasteiger partial charge in [-0.3, -0.25) is 9.69 Å². The molecule has 4 nitrogen and oxygen atoms in total. The molecule has 0 aromatic heterocycles. The van der Waals surface area contributed by atoms with Crippen molar-refractivity contribution in [3.05, 3.63) is 28.8 Å². The Kier molecular flexibility index (Phi) is 4.22. The summed E-state index contributed by atoms with van der Waals surface area (Å²) in [4.78, 5) is 13.9. The largest absolute Gasteiger partial charge is 0.326 e. The van der Waals surface area contributed by atoms with Crippen LogP contribution in [0.15, 0.2) is 18.2 Å². The maximum atomic E-state index is 11.8. The lowest BCUT2D eigenvalue weighted by atomic mass is 10.2. The molecule has 1 aliphatic heterocycles. The Morgan fingerprint density at radius 2 is 2.39 bits per heavy atom. The minimum absolute atomic E-state index is 0.0241. The molecule has 0 spiro atoms. The quantitative estimate of drug-likeness (QED) is 0.875. The zero-order valence-corrected chi connectivity index (χ0v) is 11.2. The van der Waals surface area contributed by atoms with Crippen LogP contribution in [-0.4, -0.2) is 36.5 Å². The van der Waals surface area contributed by atoms with Gasteiger partial charge in [-0.15, -0.1) is 0 Å². The van der Waals surface area contributed by atoms with Crippen molar-refractivity contribution in [2.75, 3.05) is 25.0 Å². The van der Waals surface area contributed by atoms with Gasteiger partial charge >= 0.3 is 0 Å². The number of benzene rings is 1. The van der Waals surface area contributed by atoms with E-state index in [4.69, 9.17) is 17.3 Å². The van der Waals surface area contributed by atoms with Gasteiger partial charge in [-0.05, 0) is 31.0 Å². The van der Waals surface area contributed by atoms with E-state index in [1.165, 1.54) is 0 Å². The van der Waals surface area contributed by atoms with Crippen molar-refractivity contribution in [1.82, 2.24) is 4.90 Å². The molecule has 1 amide bonds. The first-order valence-corrected chi connectivity index (χ1v) is 6.46. The Hall–Kier alpha value is -1.10. The third-order valence-corrected chi connectivity index (χ3v) is 3.54. The molecule has 0 aliphatic carbocycles. The minimum atomic E-state index is -0.0241. The van der Waals surface area contributed by atoms with Crippen molar-refractivity contribution < 1.29 is 4.79 Å². The fraction of sp³-hybridized carbons (Fsp3) is 0.462. The molecule has 18 heavy (non-hydrogen) atoms. The summed E-state index contributed by atoms with van der Waals surface area (Å²) >= 11 is 6.01. The van der Waals surface area contributed by atoms with Gasteiger partial charge in [0, 0.05) is 29.8 Å². The summed E-state index contributed by atoms with van der Waals surface area (Å²) in [6.07, 6.45) is 0.962. The predicted molar refractivity (Wildman–Crippen MR) is 73.9 cm³/mol. The number of anilines is 1. The molecule has 1 aromatic carbocycles. The van der Waals surface area contributed by atoms with Crippen molar-refractivity contribution in [2.24, 2.45) is 5.73 Å². The third-order valence-electron chi connectivity index (χ3n) is 3.13. The molecule has 0 bridgehead atoms. The van der Waals surface area contributed by atoms with Crippen LogP contribution in [-0.2, 0) is 4.79 Å². The summed E-state index contributed by atoms with van der Waals surface area (Å²) in [6.45, 7) is 4.00. The van der Waals surface area contributed by atoms with E-state index in [9.17, 15) is 4.79 Å². The molecule has 0 radical (unpaired) electrons. The van der Waals surface area contributed by atoms with Crippen LogP contribution in [0.3, 0.4) is 0 Å². The van der Waals surface area contributed by atoms with Crippen molar-refractivity contribution in [3.63, 3.8) is 0 Å². The number of halogens is 1. The Morgan fingerprint density at radius 3 is 3.00 bits per heavy atom. The van der Waals surface area contributed by atoms with E-state index in [-0.39, 0.29) is 11.9 Å². The van der Waals surface area contributed by atoms with E-state index < -0.39 is 0 Å². The van der Waals surface area contributed by atoms with Crippen LogP contribution < -0.4 is 11.1 Å². The van der Waals surface area contributed by atoms with Crippen LogP contribution >= 0.6 is 11.6 Å². The Bertz CT molecular complexity index is 450. The molecule has 1 aliphatic rings. The first kappa shape index (κ1) is 13.3. The lowest BCUT2D eigenvalue weighted by molar-refractivity contribution is -0.117. The molecular weight excluding hydrogens is 250 g/mol. The normalized spacial score (nSPS) is 20.1. The van der Waals surface area contributed by atoms with Crippen LogP contribution in [0.5, 0.6) is 0 Å². The Morgan fingerprint density at radius 1 is 1.61 bits per heavy atom. The van der Waals surface area contributed by atoms with E-state index in [0.717, 1.165) is 30.8 Å². The minimum Gasteiger partial charge on any atom is -0.326 e. The van der Waals surface area contributed by atoms with Gasteiger partial charge in [0.15, 0.2) is 0 Å². The zero-order chi connectivity index (χ0) is 13.1. The molecule has 1 unspecified atom stereocenters. The number of nitrogens with one attached hydrogen (secondary N) is 1. The van der Waals surface area contributed by atoms with Crippen LogP contribution in [0.1, 0.15) is 12.0 Å². The van der Waals surface area contributed by atoms with Gasteiger partial charge in [-0.1, -0.05) is 17.7 Å². The second-order valence-electron chi connectivity index (χ2n) is 4.80. The highest BCUT2D eigenvalue weighted by atomic mass is 35.5. The van der Waals surface area contributed by atoms with Crippen LogP contribution in [0.25, 0.3) is 0 Å². The summed E-state index contributed by atoms with van der Waals surface area (Å²) in [6, 6.07) is 5.72. The van der Waals surface area contributed by atoms with Gasteiger partial charge in [-0.25, -0.2) is 0 Å². The van der Waals surface area contributed by atoms with Gasteiger partial charge in [0.2, 0.25) is 5.91 Å². The first-order chi connectivity index (χ1) is 8.54. The standard InChI is InChI=1S/C13H18ClN3O/c1-9-2-3-11(6-12(9)14)16-13(18)8-17-5-4-10(15)7-17/h2-3,6,10H,4-5,7-8,15H2,1H3,(H,16,18). The molecule has 5 heteroatoms. The van der Waals surface area contributed by atoms with Crippen LogP contribution in [0.4, 0.5) is 5.69 Å². The van der Waals surface area contributed by atoms with Crippen LogP contribution in [0.2, 0.25) is 5.02 Å². The van der Waals surface area contributed by atoms with Gasteiger partial charge in [0.1, 0.15) is 0 Å². The molecule has 1 fully saturated rings. The van der Waals surface area contributed by atoms with Crippen molar-refractivity contribution in [2.45, 2.75) is 19.4 Å². The molecule has 1 aromatic rings. The highest BCUT2D eigenvalue weighted by Crippen LogP contribution is 2.20.